The molecule has 4 rings (SSSR count). The molecule has 174 valence electrons. The highest BCUT2D eigenvalue weighted by atomic mass is 35.5. The molecule has 1 saturated heterocycles. The van der Waals surface area contributed by atoms with Gasteiger partial charge in [-0.2, -0.15) is 0 Å². The number of ether oxygens (including phenoxy) is 1. The minimum absolute atomic E-state index is 0.0411. The van der Waals surface area contributed by atoms with E-state index in [1.54, 1.807) is 0 Å². The third-order valence-corrected chi connectivity index (χ3v) is 6.11. The molecule has 1 unspecified atom stereocenters. The first-order valence-corrected chi connectivity index (χ1v) is 11.2. The summed E-state index contributed by atoms with van der Waals surface area (Å²) >= 11 is 6.09. The van der Waals surface area contributed by atoms with Crippen LogP contribution in [0.4, 0.5) is 0 Å². The number of phenols is 2. The Morgan fingerprint density at radius 1 is 1.21 bits per heavy atom. The van der Waals surface area contributed by atoms with Crippen LogP contribution in [0.3, 0.4) is 0 Å². The van der Waals surface area contributed by atoms with Crippen molar-refractivity contribution in [2.75, 3.05) is 32.8 Å². The van der Waals surface area contributed by atoms with E-state index in [2.05, 4.69) is 22.3 Å². The van der Waals surface area contributed by atoms with Gasteiger partial charge in [0.15, 0.2) is 11.5 Å². The molecule has 1 amide bonds. The van der Waals surface area contributed by atoms with E-state index in [9.17, 15) is 15.0 Å². The van der Waals surface area contributed by atoms with Crippen LogP contribution in [0.25, 0.3) is 22.5 Å². The molecule has 1 aromatic heterocycles. The van der Waals surface area contributed by atoms with Crippen LogP contribution in [0.1, 0.15) is 35.9 Å². The number of aromatic hydroxyl groups is 2. The molecule has 0 radical (unpaired) electrons. The highest BCUT2D eigenvalue weighted by Crippen LogP contribution is 2.43. The number of morpholine rings is 1. The lowest BCUT2D eigenvalue weighted by Gasteiger charge is -2.32. The summed E-state index contributed by atoms with van der Waals surface area (Å²) in [4.78, 5) is 15.1. The minimum atomic E-state index is -0.390. The van der Waals surface area contributed by atoms with Crippen molar-refractivity contribution in [3.05, 3.63) is 52.7 Å². The average molecular weight is 472 g/mol. The molecule has 2 heterocycles. The first kappa shape index (κ1) is 23.1. The molecule has 1 aliphatic heterocycles. The van der Waals surface area contributed by atoms with E-state index in [1.807, 2.05) is 31.2 Å². The second-order valence-electron chi connectivity index (χ2n) is 7.87. The molecule has 1 aliphatic rings. The van der Waals surface area contributed by atoms with E-state index >= 15 is 0 Å². The summed E-state index contributed by atoms with van der Waals surface area (Å²) in [6.07, 6.45) is 0. The molecule has 0 aliphatic carbocycles. The quantitative estimate of drug-likeness (QED) is 0.494. The number of aromatic nitrogens is 1. The Morgan fingerprint density at radius 3 is 2.70 bits per heavy atom. The standard InChI is InChI=1S/C24H26ClN3O5/c1-3-26-24(31)22-21(23(33-27-22)17-12-18(25)20(30)13-19(17)29)16-6-4-5-15(11-16)14(2)28-7-9-32-10-8-28/h4-6,11-14,29-30H,3,7-10H2,1-2H3,(H,26,31). The maximum atomic E-state index is 12.8. The molecule has 1 atom stereocenters. The highest BCUT2D eigenvalue weighted by molar-refractivity contribution is 6.32. The van der Waals surface area contributed by atoms with E-state index in [1.165, 1.54) is 6.07 Å². The van der Waals surface area contributed by atoms with Gasteiger partial charge in [0.05, 0.1) is 29.4 Å². The summed E-state index contributed by atoms with van der Waals surface area (Å²) in [6, 6.07) is 10.5. The zero-order valence-electron chi connectivity index (χ0n) is 18.5. The number of hydrogen-bond acceptors (Lipinski definition) is 7. The smallest absolute Gasteiger partial charge is 0.274 e. The number of nitrogens with zero attached hydrogens (tertiary/aromatic N) is 2. The first-order valence-electron chi connectivity index (χ1n) is 10.8. The second kappa shape index (κ2) is 9.82. The zero-order chi connectivity index (χ0) is 23.5. The maximum Gasteiger partial charge on any atom is 0.274 e. The molecule has 2 aromatic carbocycles. The number of nitrogens with one attached hydrogen (secondary N) is 1. The van der Waals surface area contributed by atoms with Gasteiger partial charge in [0.25, 0.3) is 5.91 Å². The van der Waals surface area contributed by atoms with Crippen LogP contribution in [0.15, 0.2) is 40.9 Å². The Hall–Kier alpha value is -3.07. The van der Waals surface area contributed by atoms with E-state index in [0.29, 0.717) is 30.9 Å². The normalized spacial score (nSPS) is 15.4. The Morgan fingerprint density at radius 2 is 1.97 bits per heavy atom. The van der Waals surface area contributed by atoms with Gasteiger partial charge in [0.2, 0.25) is 0 Å². The molecule has 8 nitrogen and oxygen atoms in total. The molecular formula is C24H26ClN3O5. The van der Waals surface area contributed by atoms with E-state index in [4.69, 9.17) is 20.9 Å². The van der Waals surface area contributed by atoms with Crippen molar-refractivity contribution >= 4 is 17.5 Å². The summed E-state index contributed by atoms with van der Waals surface area (Å²) < 4.78 is 11.0. The predicted molar refractivity (Wildman–Crippen MR) is 125 cm³/mol. The van der Waals surface area contributed by atoms with Gasteiger partial charge in [-0.05, 0) is 37.1 Å². The fourth-order valence-electron chi connectivity index (χ4n) is 4.00. The number of rotatable bonds is 6. The lowest BCUT2D eigenvalue weighted by Crippen LogP contribution is -2.38. The van der Waals surface area contributed by atoms with Crippen molar-refractivity contribution in [1.82, 2.24) is 15.4 Å². The van der Waals surface area contributed by atoms with Crippen LogP contribution in [-0.4, -0.2) is 59.0 Å². The van der Waals surface area contributed by atoms with Crippen molar-refractivity contribution in [1.29, 1.82) is 0 Å². The average Bonchev–Trinajstić information content (AvgIpc) is 3.27. The zero-order valence-corrected chi connectivity index (χ0v) is 19.2. The van der Waals surface area contributed by atoms with Gasteiger partial charge in [-0.15, -0.1) is 0 Å². The van der Waals surface area contributed by atoms with Gasteiger partial charge in [-0.25, -0.2) is 0 Å². The number of carbonyl (C=O) groups is 1. The third-order valence-electron chi connectivity index (χ3n) is 5.81. The first-order chi connectivity index (χ1) is 15.9. The van der Waals surface area contributed by atoms with Crippen molar-refractivity contribution in [2.24, 2.45) is 0 Å². The van der Waals surface area contributed by atoms with Gasteiger partial charge in [-0.3, -0.25) is 9.69 Å². The molecule has 1 fully saturated rings. The summed E-state index contributed by atoms with van der Waals surface area (Å²) in [5.74, 6) is -0.704. The number of hydrogen-bond donors (Lipinski definition) is 3. The summed E-state index contributed by atoms with van der Waals surface area (Å²) in [5, 5.41) is 27.1. The van der Waals surface area contributed by atoms with Crippen LogP contribution >= 0.6 is 11.6 Å². The van der Waals surface area contributed by atoms with E-state index in [0.717, 1.165) is 24.7 Å². The number of benzene rings is 2. The molecule has 0 spiro atoms. The van der Waals surface area contributed by atoms with Gasteiger partial charge >= 0.3 is 0 Å². The largest absolute Gasteiger partial charge is 0.507 e. The van der Waals surface area contributed by atoms with Gasteiger partial charge in [-0.1, -0.05) is 35.0 Å². The highest BCUT2D eigenvalue weighted by Gasteiger charge is 2.27. The Bertz CT molecular complexity index is 1160. The number of carbonyl (C=O) groups excluding carboxylic acids is 1. The summed E-state index contributed by atoms with van der Waals surface area (Å²) in [6.45, 7) is 7.45. The fourth-order valence-corrected chi connectivity index (χ4v) is 4.17. The van der Waals surface area contributed by atoms with Gasteiger partial charge in [0, 0.05) is 31.7 Å². The number of phenolic OH excluding ortho intramolecular Hbond substituents is 2. The van der Waals surface area contributed by atoms with Crippen molar-refractivity contribution in [2.45, 2.75) is 19.9 Å². The van der Waals surface area contributed by atoms with Crippen molar-refractivity contribution in [3.8, 4) is 33.9 Å². The third kappa shape index (κ3) is 4.68. The predicted octanol–water partition coefficient (Wildman–Crippen LogP) is 4.22. The van der Waals surface area contributed by atoms with Gasteiger partial charge < -0.3 is 24.8 Å². The van der Waals surface area contributed by atoms with Crippen LogP contribution in [0.5, 0.6) is 11.5 Å². The SMILES string of the molecule is CCNC(=O)c1noc(-c2cc(Cl)c(O)cc2O)c1-c1cccc(C(C)N2CCOCC2)c1. The topological polar surface area (TPSA) is 108 Å². The Balaban J connectivity index is 1.83. The van der Waals surface area contributed by atoms with Crippen LogP contribution in [-0.2, 0) is 4.74 Å². The maximum absolute atomic E-state index is 12.8. The molecule has 0 bridgehead atoms. The molecule has 33 heavy (non-hydrogen) atoms. The molecular weight excluding hydrogens is 446 g/mol. The molecule has 3 N–H and O–H groups in total. The van der Waals surface area contributed by atoms with Crippen molar-refractivity contribution < 1.29 is 24.3 Å². The van der Waals surface area contributed by atoms with Crippen LogP contribution < -0.4 is 5.32 Å². The lowest BCUT2D eigenvalue weighted by atomic mass is 9.95. The molecule has 3 aromatic rings. The van der Waals surface area contributed by atoms with E-state index < -0.39 is 5.91 Å². The number of halogens is 1. The van der Waals surface area contributed by atoms with E-state index in [-0.39, 0.29) is 39.6 Å². The molecule has 0 saturated carbocycles. The summed E-state index contributed by atoms with van der Waals surface area (Å²) in [5.41, 5.74) is 2.55. The molecule has 9 heteroatoms. The second-order valence-corrected chi connectivity index (χ2v) is 8.27. The lowest BCUT2D eigenvalue weighted by molar-refractivity contribution is 0.0199. The monoisotopic (exact) mass is 471 g/mol. The number of amides is 1. The Kier molecular flexibility index (Phi) is 6.88. The van der Waals surface area contributed by atoms with Gasteiger partial charge in [0.1, 0.15) is 11.5 Å². The Labute approximate surface area is 196 Å². The fraction of sp³-hybridized carbons (Fsp3) is 0.333. The van der Waals surface area contributed by atoms with Crippen LogP contribution in [0.2, 0.25) is 5.02 Å². The van der Waals surface area contributed by atoms with Crippen molar-refractivity contribution in [3.63, 3.8) is 0 Å². The summed E-state index contributed by atoms with van der Waals surface area (Å²) in [7, 11) is 0. The minimum Gasteiger partial charge on any atom is -0.507 e. The van der Waals surface area contributed by atoms with Crippen LogP contribution in [0, 0.1) is 0 Å².